The first-order valence-electron chi connectivity index (χ1n) is 10.8. The largest absolute Gasteiger partial charge is 0.379 e. The number of guanidine groups is 1. The van der Waals surface area contributed by atoms with Crippen molar-refractivity contribution >= 4 is 5.96 Å². The van der Waals surface area contributed by atoms with Crippen LogP contribution in [0.1, 0.15) is 29.5 Å². The van der Waals surface area contributed by atoms with Crippen LogP contribution in [0, 0.1) is 5.82 Å². The molecule has 0 radical (unpaired) electrons. The molecule has 1 aliphatic carbocycles. The lowest BCUT2D eigenvalue weighted by Crippen LogP contribution is -2.41. The van der Waals surface area contributed by atoms with Gasteiger partial charge in [0.1, 0.15) is 5.82 Å². The molecule has 6 heteroatoms. The predicted octanol–water partition coefficient (Wildman–Crippen LogP) is 3.05. The summed E-state index contributed by atoms with van der Waals surface area (Å²) < 4.78 is 19.0. The third-order valence-electron chi connectivity index (χ3n) is 6.07. The maximum absolute atomic E-state index is 13.6. The van der Waals surface area contributed by atoms with Gasteiger partial charge in [0, 0.05) is 45.2 Å². The first-order chi connectivity index (χ1) is 14.7. The Kier molecular flexibility index (Phi) is 6.65. The van der Waals surface area contributed by atoms with E-state index in [1.165, 1.54) is 17.2 Å². The van der Waals surface area contributed by atoms with E-state index >= 15 is 0 Å². The number of rotatable bonds is 7. The van der Waals surface area contributed by atoms with Crippen molar-refractivity contribution < 1.29 is 9.13 Å². The molecule has 2 aliphatic rings. The van der Waals surface area contributed by atoms with Crippen molar-refractivity contribution in [1.29, 1.82) is 0 Å². The SMILES string of the molecule is CN=C(NCc1cccc(CN2CCOCC2)c1)NCC1(c2cccc(F)c2)CC1. The molecule has 2 aromatic rings. The van der Waals surface area contributed by atoms with E-state index < -0.39 is 0 Å². The molecule has 30 heavy (non-hydrogen) atoms. The lowest BCUT2D eigenvalue weighted by molar-refractivity contribution is 0.0342. The maximum atomic E-state index is 13.6. The lowest BCUT2D eigenvalue weighted by atomic mass is 9.96. The summed E-state index contributed by atoms with van der Waals surface area (Å²) in [5, 5.41) is 6.85. The van der Waals surface area contributed by atoms with Crippen molar-refractivity contribution in [2.75, 3.05) is 39.9 Å². The summed E-state index contributed by atoms with van der Waals surface area (Å²) in [6.45, 7) is 6.05. The Morgan fingerprint density at radius 3 is 2.57 bits per heavy atom. The van der Waals surface area contributed by atoms with E-state index in [4.69, 9.17) is 4.74 Å². The normalized spacial score (nSPS) is 18.8. The fourth-order valence-corrected chi connectivity index (χ4v) is 4.05. The molecule has 2 fully saturated rings. The molecular weight excluding hydrogens is 379 g/mol. The first kappa shape index (κ1) is 20.8. The molecule has 1 aliphatic heterocycles. The highest BCUT2D eigenvalue weighted by molar-refractivity contribution is 5.79. The van der Waals surface area contributed by atoms with Crippen molar-refractivity contribution in [3.63, 3.8) is 0 Å². The summed E-state index contributed by atoms with van der Waals surface area (Å²) in [7, 11) is 1.78. The van der Waals surface area contributed by atoms with Gasteiger partial charge in [-0.25, -0.2) is 4.39 Å². The Bertz CT molecular complexity index is 875. The molecule has 0 amide bonds. The van der Waals surface area contributed by atoms with Gasteiger partial charge in [-0.05, 0) is 41.7 Å². The van der Waals surface area contributed by atoms with Crippen LogP contribution < -0.4 is 10.6 Å². The van der Waals surface area contributed by atoms with Gasteiger partial charge in [0.05, 0.1) is 13.2 Å². The van der Waals surface area contributed by atoms with Gasteiger partial charge in [-0.3, -0.25) is 9.89 Å². The van der Waals surface area contributed by atoms with E-state index in [1.807, 2.05) is 6.07 Å². The van der Waals surface area contributed by atoms with E-state index in [0.29, 0.717) is 6.54 Å². The van der Waals surface area contributed by atoms with Gasteiger partial charge >= 0.3 is 0 Å². The van der Waals surface area contributed by atoms with Gasteiger partial charge < -0.3 is 15.4 Å². The summed E-state index contributed by atoms with van der Waals surface area (Å²) in [5.41, 5.74) is 3.65. The molecule has 5 nitrogen and oxygen atoms in total. The van der Waals surface area contributed by atoms with Crippen molar-refractivity contribution in [2.24, 2.45) is 4.99 Å². The number of hydrogen-bond donors (Lipinski definition) is 2. The second-order valence-electron chi connectivity index (χ2n) is 8.28. The first-order valence-corrected chi connectivity index (χ1v) is 10.8. The third kappa shape index (κ3) is 5.37. The van der Waals surface area contributed by atoms with E-state index in [-0.39, 0.29) is 11.2 Å². The zero-order valence-electron chi connectivity index (χ0n) is 17.7. The average Bonchev–Trinajstić information content (AvgIpc) is 3.56. The highest BCUT2D eigenvalue weighted by Crippen LogP contribution is 2.47. The minimum absolute atomic E-state index is 0.0256. The van der Waals surface area contributed by atoms with Gasteiger partial charge in [0.25, 0.3) is 0 Å². The Hall–Kier alpha value is -2.44. The van der Waals surface area contributed by atoms with Crippen molar-refractivity contribution in [1.82, 2.24) is 15.5 Å². The van der Waals surface area contributed by atoms with E-state index in [2.05, 4.69) is 44.8 Å². The molecule has 0 unspecified atom stereocenters. The van der Waals surface area contributed by atoms with Crippen LogP contribution in [0.3, 0.4) is 0 Å². The quantitative estimate of drug-likeness (QED) is 0.544. The van der Waals surface area contributed by atoms with E-state index in [0.717, 1.165) is 63.8 Å². The fraction of sp³-hybridized carbons (Fsp3) is 0.458. The molecule has 0 atom stereocenters. The zero-order chi connectivity index (χ0) is 20.8. The predicted molar refractivity (Wildman–Crippen MR) is 118 cm³/mol. The van der Waals surface area contributed by atoms with Crippen LogP contribution in [0.5, 0.6) is 0 Å². The Labute approximate surface area is 178 Å². The second-order valence-corrected chi connectivity index (χ2v) is 8.28. The van der Waals surface area contributed by atoms with Gasteiger partial charge in [-0.1, -0.05) is 36.4 Å². The molecule has 0 aromatic heterocycles. The maximum Gasteiger partial charge on any atom is 0.191 e. The molecule has 0 bridgehead atoms. The van der Waals surface area contributed by atoms with E-state index in [1.54, 1.807) is 19.2 Å². The number of nitrogens with zero attached hydrogens (tertiary/aromatic N) is 2. The fourth-order valence-electron chi connectivity index (χ4n) is 4.05. The molecule has 1 saturated heterocycles. The Morgan fingerprint density at radius 1 is 1.07 bits per heavy atom. The van der Waals surface area contributed by atoms with Crippen molar-refractivity contribution in [3.05, 3.63) is 71.0 Å². The molecule has 4 rings (SSSR count). The van der Waals surface area contributed by atoms with Crippen LogP contribution in [0.25, 0.3) is 0 Å². The standard InChI is InChI=1S/C24H31FN4O/c1-26-23(28-18-24(8-9-24)21-6-3-7-22(25)15-21)27-16-19-4-2-5-20(14-19)17-29-10-12-30-13-11-29/h2-7,14-15H,8-13,16-18H2,1H3,(H2,26,27,28). The Morgan fingerprint density at radius 2 is 1.83 bits per heavy atom. The number of aliphatic imine (C=N–C) groups is 1. The average molecular weight is 411 g/mol. The van der Waals surface area contributed by atoms with Crippen LogP contribution >= 0.6 is 0 Å². The van der Waals surface area contributed by atoms with Crippen LogP contribution in [-0.2, 0) is 23.2 Å². The number of morpholine rings is 1. The number of ether oxygens (including phenoxy) is 1. The number of nitrogens with one attached hydrogen (secondary N) is 2. The van der Waals surface area contributed by atoms with Crippen LogP contribution in [0.2, 0.25) is 0 Å². The van der Waals surface area contributed by atoms with Crippen molar-refractivity contribution in [2.45, 2.75) is 31.3 Å². The summed E-state index contributed by atoms with van der Waals surface area (Å²) in [6.07, 6.45) is 2.15. The van der Waals surface area contributed by atoms with Crippen LogP contribution in [0.15, 0.2) is 53.5 Å². The molecule has 2 aromatic carbocycles. The summed E-state index contributed by atoms with van der Waals surface area (Å²) >= 11 is 0. The topological polar surface area (TPSA) is 48.9 Å². The van der Waals surface area contributed by atoms with Gasteiger partial charge in [0.15, 0.2) is 5.96 Å². The summed E-state index contributed by atoms with van der Waals surface area (Å²) in [4.78, 5) is 6.79. The smallest absolute Gasteiger partial charge is 0.191 e. The highest BCUT2D eigenvalue weighted by Gasteiger charge is 2.44. The summed E-state index contributed by atoms with van der Waals surface area (Å²) in [6, 6.07) is 15.7. The monoisotopic (exact) mass is 410 g/mol. The third-order valence-corrected chi connectivity index (χ3v) is 6.07. The summed E-state index contributed by atoms with van der Waals surface area (Å²) in [5.74, 6) is 0.606. The molecule has 160 valence electrons. The minimum atomic E-state index is -0.168. The van der Waals surface area contributed by atoms with Gasteiger partial charge in [0.2, 0.25) is 0 Å². The highest BCUT2D eigenvalue weighted by atomic mass is 19.1. The van der Waals surface area contributed by atoms with Gasteiger partial charge in [-0.15, -0.1) is 0 Å². The molecule has 1 heterocycles. The Balaban J connectivity index is 1.29. The van der Waals surface area contributed by atoms with Crippen LogP contribution in [-0.4, -0.2) is 50.8 Å². The lowest BCUT2D eigenvalue weighted by Gasteiger charge is -2.26. The van der Waals surface area contributed by atoms with Gasteiger partial charge in [-0.2, -0.15) is 0 Å². The zero-order valence-corrected chi connectivity index (χ0v) is 17.7. The molecule has 0 spiro atoms. The van der Waals surface area contributed by atoms with Crippen molar-refractivity contribution in [3.8, 4) is 0 Å². The number of halogens is 1. The molecule has 2 N–H and O–H groups in total. The van der Waals surface area contributed by atoms with Crippen LogP contribution in [0.4, 0.5) is 4.39 Å². The molecular formula is C24H31FN4O. The minimum Gasteiger partial charge on any atom is -0.379 e. The van der Waals surface area contributed by atoms with E-state index in [9.17, 15) is 4.39 Å². The molecule has 1 saturated carbocycles. The number of hydrogen-bond acceptors (Lipinski definition) is 3. The second kappa shape index (κ2) is 9.58. The number of benzene rings is 2.